The molecule has 0 aliphatic carbocycles. The number of piperazine rings is 1. The van der Waals surface area contributed by atoms with Gasteiger partial charge in [0.05, 0.1) is 0 Å². The summed E-state index contributed by atoms with van der Waals surface area (Å²) in [6.45, 7) is 6.83. The van der Waals surface area contributed by atoms with E-state index in [1.165, 1.54) is 0 Å². The molecule has 0 aromatic heterocycles. The van der Waals surface area contributed by atoms with Crippen molar-refractivity contribution in [1.29, 1.82) is 0 Å². The molecule has 19 heavy (non-hydrogen) atoms. The Morgan fingerprint density at radius 2 is 2.05 bits per heavy atom. The lowest BCUT2D eigenvalue weighted by molar-refractivity contribution is 0.168. The summed E-state index contributed by atoms with van der Waals surface area (Å²) in [4.78, 5) is 2.08. The zero-order chi connectivity index (χ0) is 13.8. The molecule has 0 bridgehead atoms. The summed E-state index contributed by atoms with van der Waals surface area (Å²) in [5, 5.41) is 13.1. The van der Waals surface area contributed by atoms with Gasteiger partial charge in [0, 0.05) is 49.9 Å². The third-order valence-corrected chi connectivity index (χ3v) is 3.39. The number of nitrogens with zero attached hydrogens (tertiary/aromatic N) is 1. The summed E-state index contributed by atoms with van der Waals surface area (Å²) >= 11 is 0. The van der Waals surface area contributed by atoms with E-state index in [1.807, 2.05) is 0 Å². The minimum absolute atomic E-state index is 0.156. The van der Waals surface area contributed by atoms with Crippen LogP contribution in [-0.2, 0) is 0 Å². The molecule has 3 nitrogen and oxygen atoms in total. The largest absolute Gasteiger partial charge is 0.507 e. The Labute approximate surface area is 111 Å². The molecule has 104 valence electrons. The summed E-state index contributed by atoms with van der Waals surface area (Å²) in [5.74, 6) is -1.80. The van der Waals surface area contributed by atoms with Crippen molar-refractivity contribution in [3.05, 3.63) is 42.0 Å². The number of rotatable bonds is 4. The van der Waals surface area contributed by atoms with Crippen LogP contribution in [0.5, 0.6) is 5.75 Å². The van der Waals surface area contributed by atoms with Gasteiger partial charge in [-0.15, -0.1) is 6.58 Å². The summed E-state index contributed by atoms with van der Waals surface area (Å²) in [6, 6.07) is 1.46. The van der Waals surface area contributed by atoms with Crippen LogP contribution < -0.4 is 5.32 Å². The Balaban J connectivity index is 2.35. The molecule has 1 fully saturated rings. The first kappa shape index (κ1) is 14.0. The fourth-order valence-electron chi connectivity index (χ4n) is 2.50. The normalized spacial score (nSPS) is 18.2. The van der Waals surface area contributed by atoms with Crippen molar-refractivity contribution in [3.8, 4) is 5.75 Å². The van der Waals surface area contributed by atoms with Crippen molar-refractivity contribution in [1.82, 2.24) is 10.2 Å². The zero-order valence-corrected chi connectivity index (χ0v) is 10.7. The molecular weight excluding hydrogens is 250 g/mol. The lowest BCUT2D eigenvalue weighted by Gasteiger charge is -2.35. The summed E-state index contributed by atoms with van der Waals surface area (Å²) in [6.07, 6.45) is 2.20. The molecule has 1 aromatic rings. The standard InChI is InChI=1S/C14H18F2N2O/c1-2-3-12(18-6-4-17-5-7-18)14-11(16)8-10(15)9-13(14)19/h2,8-9,12,17,19H,1,3-7H2/t12-/m0/s1. The lowest BCUT2D eigenvalue weighted by atomic mass is 9.99. The van der Waals surface area contributed by atoms with E-state index in [9.17, 15) is 13.9 Å². The maximum atomic E-state index is 14.0. The monoisotopic (exact) mass is 268 g/mol. The molecule has 0 unspecified atom stereocenters. The molecule has 0 saturated carbocycles. The summed E-state index contributed by atoms with van der Waals surface area (Å²) in [5.41, 5.74) is 0.156. The van der Waals surface area contributed by atoms with Gasteiger partial charge in [0.1, 0.15) is 17.4 Å². The highest BCUT2D eigenvalue weighted by Crippen LogP contribution is 2.34. The number of phenolic OH excluding ortho intramolecular Hbond substituents is 1. The third kappa shape index (κ3) is 3.11. The smallest absolute Gasteiger partial charge is 0.134 e. The van der Waals surface area contributed by atoms with Gasteiger partial charge in [0.25, 0.3) is 0 Å². The van der Waals surface area contributed by atoms with Crippen molar-refractivity contribution >= 4 is 0 Å². The van der Waals surface area contributed by atoms with Gasteiger partial charge in [0.15, 0.2) is 0 Å². The molecule has 1 saturated heterocycles. The molecule has 1 aromatic carbocycles. The van der Waals surface area contributed by atoms with E-state index in [2.05, 4.69) is 16.8 Å². The van der Waals surface area contributed by atoms with Crippen molar-refractivity contribution in [2.45, 2.75) is 12.5 Å². The Bertz CT molecular complexity index is 436. The minimum atomic E-state index is -0.767. The van der Waals surface area contributed by atoms with Crippen LogP contribution in [0.4, 0.5) is 8.78 Å². The van der Waals surface area contributed by atoms with Crippen LogP contribution in [0.3, 0.4) is 0 Å². The Morgan fingerprint density at radius 3 is 2.63 bits per heavy atom. The lowest BCUT2D eigenvalue weighted by Crippen LogP contribution is -2.45. The highest BCUT2D eigenvalue weighted by Gasteiger charge is 2.26. The number of phenols is 1. The molecular formula is C14H18F2N2O. The maximum absolute atomic E-state index is 14.0. The van der Waals surface area contributed by atoms with E-state index in [4.69, 9.17) is 0 Å². The molecule has 1 heterocycles. The molecule has 1 atom stereocenters. The molecule has 0 radical (unpaired) electrons. The van der Waals surface area contributed by atoms with E-state index in [0.29, 0.717) is 6.42 Å². The van der Waals surface area contributed by atoms with Gasteiger partial charge in [-0.3, -0.25) is 4.90 Å². The zero-order valence-electron chi connectivity index (χ0n) is 10.7. The fourth-order valence-corrected chi connectivity index (χ4v) is 2.50. The summed E-state index contributed by atoms with van der Waals surface area (Å²) in [7, 11) is 0. The average Bonchev–Trinajstić information content (AvgIpc) is 2.37. The Kier molecular flexibility index (Phi) is 4.50. The highest BCUT2D eigenvalue weighted by molar-refractivity contribution is 5.37. The molecule has 2 N–H and O–H groups in total. The quantitative estimate of drug-likeness (QED) is 0.822. The van der Waals surface area contributed by atoms with Gasteiger partial charge < -0.3 is 10.4 Å². The van der Waals surface area contributed by atoms with E-state index in [0.717, 1.165) is 38.3 Å². The van der Waals surface area contributed by atoms with E-state index < -0.39 is 11.6 Å². The van der Waals surface area contributed by atoms with Crippen molar-refractivity contribution in [2.75, 3.05) is 26.2 Å². The molecule has 5 heteroatoms. The van der Waals surface area contributed by atoms with Crippen LogP contribution in [0.2, 0.25) is 0 Å². The van der Waals surface area contributed by atoms with Crippen LogP contribution in [-0.4, -0.2) is 36.2 Å². The second kappa shape index (κ2) is 6.12. The SMILES string of the molecule is C=CC[C@@H](c1c(O)cc(F)cc1F)N1CCNCC1. The van der Waals surface area contributed by atoms with Gasteiger partial charge >= 0.3 is 0 Å². The molecule has 1 aliphatic heterocycles. The van der Waals surface area contributed by atoms with Gasteiger partial charge in [0.2, 0.25) is 0 Å². The van der Waals surface area contributed by atoms with Gasteiger partial charge in [-0.05, 0) is 6.42 Å². The first-order valence-electron chi connectivity index (χ1n) is 6.37. The van der Waals surface area contributed by atoms with Crippen LogP contribution in [0.1, 0.15) is 18.0 Å². The van der Waals surface area contributed by atoms with Gasteiger partial charge in [-0.25, -0.2) is 8.78 Å². The predicted molar refractivity (Wildman–Crippen MR) is 70.0 cm³/mol. The van der Waals surface area contributed by atoms with Gasteiger partial charge in [-0.2, -0.15) is 0 Å². The topological polar surface area (TPSA) is 35.5 Å². The Hall–Kier alpha value is -1.46. The molecule has 0 amide bonds. The number of hydrogen-bond donors (Lipinski definition) is 2. The first-order chi connectivity index (χ1) is 9.13. The first-order valence-corrected chi connectivity index (χ1v) is 6.37. The number of halogens is 2. The predicted octanol–water partition coefficient (Wildman–Crippen LogP) is 2.19. The Morgan fingerprint density at radius 1 is 1.37 bits per heavy atom. The number of hydrogen-bond acceptors (Lipinski definition) is 3. The fraction of sp³-hybridized carbons (Fsp3) is 0.429. The summed E-state index contributed by atoms with van der Waals surface area (Å²) < 4.78 is 27.0. The van der Waals surface area contributed by atoms with Crippen LogP contribution >= 0.6 is 0 Å². The molecule has 2 rings (SSSR count). The molecule has 1 aliphatic rings. The van der Waals surface area contributed by atoms with Crippen LogP contribution in [0.25, 0.3) is 0 Å². The number of nitrogens with one attached hydrogen (secondary N) is 1. The van der Waals surface area contributed by atoms with Crippen LogP contribution in [0.15, 0.2) is 24.8 Å². The van der Waals surface area contributed by atoms with Crippen LogP contribution in [0, 0.1) is 11.6 Å². The number of aromatic hydroxyl groups is 1. The number of benzene rings is 1. The van der Waals surface area contributed by atoms with Crippen molar-refractivity contribution in [3.63, 3.8) is 0 Å². The second-order valence-corrected chi connectivity index (χ2v) is 4.65. The van der Waals surface area contributed by atoms with E-state index in [-0.39, 0.29) is 17.4 Å². The maximum Gasteiger partial charge on any atom is 0.134 e. The molecule has 0 spiro atoms. The average molecular weight is 268 g/mol. The minimum Gasteiger partial charge on any atom is -0.507 e. The highest BCUT2D eigenvalue weighted by atomic mass is 19.1. The van der Waals surface area contributed by atoms with E-state index in [1.54, 1.807) is 6.08 Å². The second-order valence-electron chi connectivity index (χ2n) is 4.65. The van der Waals surface area contributed by atoms with Crippen molar-refractivity contribution < 1.29 is 13.9 Å². The third-order valence-electron chi connectivity index (χ3n) is 3.39. The van der Waals surface area contributed by atoms with E-state index >= 15 is 0 Å². The van der Waals surface area contributed by atoms with Crippen molar-refractivity contribution in [2.24, 2.45) is 0 Å². The van der Waals surface area contributed by atoms with Gasteiger partial charge in [-0.1, -0.05) is 6.08 Å².